The third-order valence-electron chi connectivity index (χ3n) is 2.75. The Labute approximate surface area is 108 Å². The van der Waals surface area contributed by atoms with E-state index < -0.39 is 12.1 Å². The van der Waals surface area contributed by atoms with Crippen LogP contribution < -0.4 is 0 Å². The van der Waals surface area contributed by atoms with Crippen LogP contribution >= 0.6 is 0 Å². The lowest BCUT2D eigenvalue weighted by Gasteiger charge is -2.29. The standard InChI is InChI=1S/C13H23NO4/c1-5-7-8-18-11(4)13(17)14(9-12(15)16)10(3)6-2/h5,10-11H,1,6-9H2,2-4H3,(H,15,16). The highest BCUT2D eigenvalue weighted by Crippen LogP contribution is 2.08. The molecule has 0 aromatic rings. The number of aliphatic carboxylic acids is 1. The Morgan fingerprint density at radius 2 is 2.06 bits per heavy atom. The zero-order valence-corrected chi connectivity index (χ0v) is 11.4. The summed E-state index contributed by atoms with van der Waals surface area (Å²) in [5, 5.41) is 8.83. The third-order valence-corrected chi connectivity index (χ3v) is 2.75. The van der Waals surface area contributed by atoms with Gasteiger partial charge < -0.3 is 14.7 Å². The number of hydrogen-bond acceptors (Lipinski definition) is 3. The maximum absolute atomic E-state index is 12.1. The summed E-state index contributed by atoms with van der Waals surface area (Å²) in [4.78, 5) is 24.2. The molecule has 5 heteroatoms. The average molecular weight is 257 g/mol. The molecule has 18 heavy (non-hydrogen) atoms. The molecule has 1 amide bonds. The van der Waals surface area contributed by atoms with E-state index in [1.54, 1.807) is 13.0 Å². The van der Waals surface area contributed by atoms with E-state index in [2.05, 4.69) is 6.58 Å². The van der Waals surface area contributed by atoms with Gasteiger partial charge >= 0.3 is 5.97 Å². The van der Waals surface area contributed by atoms with Gasteiger partial charge in [-0.15, -0.1) is 6.58 Å². The number of carbonyl (C=O) groups is 2. The summed E-state index contributed by atoms with van der Waals surface area (Å²) < 4.78 is 5.35. The van der Waals surface area contributed by atoms with Crippen molar-refractivity contribution in [2.75, 3.05) is 13.2 Å². The van der Waals surface area contributed by atoms with Gasteiger partial charge in [-0.1, -0.05) is 13.0 Å². The fraction of sp³-hybridized carbons (Fsp3) is 0.692. The predicted octanol–water partition coefficient (Wildman–Crippen LogP) is 1.68. The molecule has 0 spiro atoms. The Morgan fingerprint density at radius 3 is 2.50 bits per heavy atom. The van der Waals surface area contributed by atoms with Crippen LogP contribution in [0.3, 0.4) is 0 Å². The van der Waals surface area contributed by atoms with Crippen LogP contribution in [0.2, 0.25) is 0 Å². The lowest BCUT2D eigenvalue weighted by Crippen LogP contribution is -2.46. The summed E-state index contributed by atoms with van der Waals surface area (Å²) in [5.41, 5.74) is 0. The van der Waals surface area contributed by atoms with Crippen molar-refractivity contribution in [1.82, 2.24) is 4.90 Å². The van der Waals surface area contributed by atoms with Crippen LogP contribution in [-0.4, -0.2) is 47.2 Å². The van der Waals surface area contributed by atoms with Crippen LogP contribution in [-0.2, 0) is 14.3 Å². The number of nitrogens with zero attached hydrogens (tertiary/aromatic N) is 1. The summed E-state index contributed by atoms with van der Waals surface area (Å²) in [7, 11) is 0. The molecule has 1 N–H and O–H groups in total. The molecular formula is C13H23NO4. The second kappa shape index (κ2) is 8.69. The van der Waals surface area contributed by atoms with Gasteiger partial charge in [0.05, 0.1) is 6.61 Å². The van der Waals surface area contributed by atoms with E-state index in [4.69, 9.17) is 9.84 Å². The van der Waals surface area contributed by atoms with E-state index >= 15 is 0 Å². The number of amides is 1. The fourth-order valence-corrected chi connectivity index (χ4v) is 1.45. The average Bonchev–Trinajstić information content (AvgIpc) is 2.34. The first-order chi connectivity index (χ1) is 8.43. The number of ether oxygens (including phenoxy) is 1. The van der Waals surface area contributed by atoms with E-state index in [-0.39, 0.29) is 18.5 Å². The van der Waals surface area contributed by atoms with Crippen molar-refractivity contribution in [3.05, 3.63) is 12.7 Å². The summed E-state index contributed by atoms with van der Waals surface area (Å²) in [6.07, 6.45) is 2.46. The SMILES string of the molecule is C=CCCOC(C)C(=O)N(CC(=O)O)C(C)CC. The Balaban J connectivity index is 4.52. The molecule has 0 aliphatic rings. The van der Waals surface area contributed by atoms with Gasteiger partial charge in [0.1, 0.15) is 12.6 Å². The molecule has 0 saturated carbocycles. The molecule has 0 aliphatic carbocycles. The van der Waals surface area contributed by atoms with Crippen LogP contribution in [0.5, 0.6) is 0 Å². The maximum Gasteiger partial charge on any atom is 0.323 e. The summed E-state index contributed by atoms with van der Waals surface area (Å²) in [5.74, 6) is -1.29. The van der Waals surface area contributed by atoms with Crippen molar-refractivity contribution in [3.8, 4) is 0 Å². The molecule has 104 valence electrons. The van der Waals surface area contributed by atoms with Crippen molar-refractivity contribution in [2.45, 2.75) is 45.8 Å². The molecule has 0 aliphatic heterocycles. The van der Waals surface area contributed by atoms with E-state index in [0.29, 0.717) is 19.4 Å². The molecule has 0 saturated heterocycles. The van der Waals surface area contributed by atoms with Gasteiger partial charge in [0.25, 0.3) is 5.91 Å². The Hall–Kier alpha value is -1.36. The fourth-order valence-electron chi connectivity index (χ4n) is 1.45. The van der Waals surface area contributed by atoms with Gasteiger partial charge in [-0.2, -0.15) is 0 Å². The maximum atomic E-state index is 12.1. The molecular weight excluding hydrogens is 234 g/mol. The van der Waals surface area contributed by atoms with Gasteiger partial charge in [0.15, 0.2) is 0 Å². The van der Waals surface area contributed by atoms with E-state index in [1.165, 1.54) is 4.90 Å². The molecule has 2 atom stereocenters. The molecule has 0 radical (unpaired) electrons. The van der Waals surface area contributed by atoms with Gasteiger partial charge in [-0.3, -0.25) is 9.59 Å². The second-order valence-corrected chi connectivity index (χ2v) is 4.21. The minimum Gasteiger partial charge on any atom is -0.480 e. The molecule has 0 bridgehead atoms. The van der Waals surface area contributed by atoms with Crippen molar-refractivity contribution in [2.24, 2.45) is 0 Å². The zero-order valence-electron chi connectivity index (χ0n) is 11.4. The highest BCUT2D eigenvalue weighted by atomic mass is 16.5. The van der Waals surface area contributed by atoms with Crippen molar-refractivity contribution >= 4 is 11.9 Å². The Morgan fingerprint density at radius 1 is 1.44 bits per heavy atom. The van der Waals surface area contributed by atoms with Crippen LogP contribution in [0, 0.1) is 0 Å². The number of carboxylic acid groups (broad SMARTS) is 1. The predicted molar refractivity (Wildman–Crippen MR) is 69.3 cm³/mol. The van der Waals surface area contributed by atoms with E-state index in [9.17, 15) is 9.59 Å². The molecule has 0 aromatic carbocycles. The Kier molecular flexibility index (Phi) is 8.03. The smallest absolute Gasteiger partial charge is 0.323 e. The highest BCUT2D eigenvalue weighted by molar-refractivity contribution is 5.84. The first-order valence-corrected chi connectivity index (χ1v) is 6.18. The molecule has 0 heterocycles. The molecule has 2 unspecified atom stereocenters. The van der Waals surface area contributed by atoms with E-state index in [0.717, 1.165) is 0 Å². The third kappa shape index (κ3) is 5.82. The van der Waals surface area contributed by atoms with Crippen LogP contribution in [0.4, 0.5) is 0 Å². The largest absolute Gasteiger partial charge is 0.480 e. The van der Waals surface area contributed by atoms with Crippen molar-refractivity contribution in [1.29, 1.82) is 0 Å². The monoisotopic (exact) mass is 257 g/mol. The van der Waals surface area contributed by atoms with Gasteiger partial charge in [-0.25, -0.2) is 0 Å². The normalized spacial score (nSPS) is 13.7. The number of carbonyl (C=O) groups excluding carboxylic acids is 1. The van der Waals surface area contributed by atoms with Crippen molar-refractivity contribution < 1.29 is 19.4 Å². The quantitative estimate of drug-likeness (QED) is 0.504. The lowest BCUT2D eigenvalue weighted by molar-refractivity contribution is -0.152. The van der Waals surface area contributed by atoms with Crippen LogP contribution in [0.1, 0.15) is 33.6 Å². The van der Waals surface area contributed by atoms with Gasteiger partial charge in [0, 0.05) is 6.04 Å². The van der Waals surface area contributed by atoms with E-state index in [1.807, 2.05) is 13.8 Å². The topological polar surface area (TPSA) is 66.8 Å². The molecule has 5 nitrogen and oxygen atoms in total. The summed E-state index contributed by atoms with van der Waals surface area (Å²) >= 11 is 0. The van der Waals surface area contributed by atoms with Gasteiger partial charge in [-0.05, 0) is 26.7 Å². The lowest BCUT2D eigenvalue weighted by atomic mass is 10.2. The Bertz CT molecular complexity index is 291. The number of carboxylic acids is 1. The number of hydrogen-bond donors (Lipinski definition) is 1. The minimum absolute atomic E-state index is 0.112. The minimum atomic E-state index is -1.01. The zero-order chi connectivity index (χ0) is 14.1. The van der Waals surface area contributed by atoms with Crippen molar-refractivity contribution in [3.63, 3.8) is 0 Å². The van der Waals surface area contributed by atoms with Gasteiger partial charge in [0.2, 0.25) is 0 Å². The first-order valence-electron chi connectivity index (χ1n) is 6.18. The second-order valence-electron chi connectivity index (χ2n) is 4.21. The first kappa shape index (κ1) is 16.6. The molecule has 0 rings (SSSR count). The van der Waals surface area contributed by atoms with Crippen LogP contribution in [0.15, 0.2) is 12.7 Å². The molecule has 0 fully saturated rings. The highest BCUT2D eigenvalue weighted by Gasteiger charge is 2.26. The molecule has 0 aromatic heterocycles. The van der Waals surface area contributed by atoms with Crippen LogP contribution in [0.25, 0.3) is 0 Å². The number of rotatable bonds is 9. The summed E-state index contributed by atoms with van der Waals surface area (Å²) in [6, 6.07) is -0.112. The summed E-state index contributed by atoms with van der Waals surface area (Å²) in [6.45, 7) is 9.08.